The molecule has 1 aromatic carbocycles. The Morgan fingerprint density at radius 2 is 2.05 bits per heavy atom. The van der Waals surface area contributed by atoms with Crippen molar-refractivity contribution in [2.75, 3.05) is 20.7 Å². The Kier molecular flexibility index (Phi) is 7.09. The average Bonchev–Trinajstić information content (AvgIpc) is 2.43. The lowest BCUT2D eigenvalue weighted by Gasteiger charge is -2.19. The number of ether oxygens (including phenoxy) is 1. The number of para-hydroxylation sites is 1. The maximum Gasteiger partial charge on any atom is 0.222 e. The molecule has 0 aliphatic carbocycles. The van der Waals surface area contributed by atoms with Crippen molar-refractivity contribution in [1.82, 2.24) is 10.2 Å². The van der Waals surface area contributed by atoms with E-state index < -0.39 is 0 Å². The first-order chi connectivity index (χ1) is 9.54. The summed E-state index contributed by atoms with van der Waals surface area (Å²) in [5.41, 5.74) is 1.03. The van der Waals surface area contributed by atoms with Crippen molar-refractivity contribution >= 4 is 5.91 Å². The topological polar surface area (TPSA) is 41.6 Å². The highest BCUT2D eigenvalue weighted by Gasteiger charge is 2.11. The van der Waals surface area contributed by atoms with Crippen LogP contribution in [0.1, 0.15) is 32.3 Å². The van der Waals surface area contributed by atoms with Crippen LogP contribution in [0.4, 0.5) is 0 Å². The fourth-order valence-corrected chi connectivity index (χ4v) is 2.00. The van der Waals surface area contributed by atoms with E-state index in [1.165, 1.54) is 0 Å². The largest absolute Gasteiger partial charge is 0.496 e. The van der Waals surface area contributed by atoms with Crippen LogP contribution in [0.5, 0.6) is 5.75 Å². The van der Waals surface area contributed by atoms with Crippen molar-refractivity contribution in [2.45, 2.75) is 39.3 Å². The summed E-state index contributed by atoms with van der Waals surface area (Å²) in [7, 11) is 3.49. The van der Waals surface area contributed by atoms with E-state index in [0.717, 1.165) is 24.3 Å². The molecule has 0 spiro atoms. The zero-order valence-corrected chi connectivity index (χ0v) is 13.0. The molecule has 1 amide bonds. The minimum atomic E-state index is 0.168. The molecule has 20 heavy (non-hydrogen) atoms. The van der Waals surface area contributed by atoms with Gasteiger partial charge in [0.25, 0.3) is 0 Å². The van der Waals surface area contributed by atoms with Crippen molar-refractivity contribution in [3.8, 4) is 5.75 Å². The summed E-state index contributed by atoms with van der Waals surface area (Å²) >= 11 is 0. The highest BCUT2D eigenvalue weighted by Crippen LogP contribution is 2.18. The van der Waals surface area contributed by atoms with Gasteiger partial charge in [-0.2, -0.15) is 0 Å². The number of hydrogen-bond acceptors (Lipinski definition) is 3. The van der Waals surface area contributed by atoms with Gasteiger partial charge in [0.1, 0.15) is 5.75 Å². The number of benzene rings is 1. The molecule has 1 rings (SSSR count). The van der Waals surface area contributed by atoms with Crippen molar-refractivity contribution in [1.29, 1.82) is 0 Å². The van der Waals surface area contributed by atoms with Gasteiger partial charge in [0.2, 0.25) is 5.91 Å². The Bertz CT molecular complexity index is 419. The molecule has 0 atom stereocenters. The van der Waals surface area contributed by atoms with Crippen molar-refractivity contribution in [3.63, 3.8) is 0 Å². The van der Waals surface area contributed by atoms with Crippen LogP contribution in [0, 0.1) is 0 Å². The van der Waals surface area contributed by atoms with Crippen molar-refractivity contribution < 1.29 is 9.53 Å². The molecule has 0 bridgehead atoms. The molecule has 112 valence electrons. The minimum absolute atomic E-state index is 0.168. The van der Waals surface area contributed by atoms with E-state index in [1.807, 2.05) is 31.3 Å². The smallest absolute Gasteiger partial charge is 0.222 e. The van der Waals surface area contributed by atoms with Crippen molar-refractivity contribution in [2.24, 2.45) is 0 Å². The Morgan fingerprint density at radius 3 is 2.70 bits per heavy atom. The van der Waals surface area contributed by atoms with Crippen LogP contribution in [0.3, 0.4) is 0 Å². The molecule has 0 fully saturated rings. The number of rotatable bonds is 8. The van der Waals surface area contributed by atoms with Gasteiger partial charge >= 0.3 is 0 Å². The lowest BCUT2D eigenvalue weighted by atomic mass is 10.2. The second-order valence-corrected chi connectivity index (χ2v) is 5.27. The van der Waals surface area contributed by atoms with E-state index in [1.54, 1.807) is 12.0 Å². The Morgan fingerprint density at radius 1 is 1.35 bits per heavy atom. The predicted octanol–water partition coefficient (Wildman–Crippen LogP) is 2.43. The highest BCUT2D eigenvalue weighted by atomic mass is 16.5. The molecule has 4 heteroatoms. The molecular weight excluding hydrogens is 252 g/mol. The monoisotopic (exact) mass is 278 g/mol. The lowest BCUT2D eigenvalue weighted by Crippen LogP contribution is -2.28. The summed E-state index contributed by atoms with van der Waals surface area (Å²) in [5.74, 6) is 0.995. The first-order valence-corrected chi connectivity index (χ1v) is 7.13. The normalized spacial score (nSPS) is 10.7. The summed E-state index contributed by atoms with van der Waals surface area (Å²) < 4.78 is 5.30. The summed E-state index contributed by atoms with van der Waals surface area (Å²) in [5, 5.41) is 3.32. The first-order valence-electron chi connectivity index (χ1n) is 7.13. The second-order valence-electron chi connectivity index (χ2n) is 5.27. The van der Waals surface area contributed by atoms with E-state index in [2.05, 4.69) is 19.2 Å². The van der Waals surface area contributed by atoms with Gasteiger partial charge < -0.3 is 15.0 Å². The van der Waals surface area contributed by atoms with E-state index >= 15 is 0 Å². The number of carbonyl (C=O) groups is 1. The van der Waals surface area contributed by atoms with Gasteiger partial charge in [-0.05, 0) is 19.0 Å². The quantitative estimate of drug-likeness (QED) is 0.743. The molecule has 0 aliphatic rings. The zero-order chi connectivity index (χ0) is 15.0. The van der Waals surface area contributed by atoms with Gasteiger partial charge in [0.15, 0.2) is 0 Å². The van der Waals surface area contributed by atoms with Gasteiger partial charge in [-0.3, -0.25) is 4.79 Å². The second kappa shape index (κ2) is 8.59. The van der Waals surface area contributed by atoms with Crippen LogP contribution in [0.2, 0.25) is 0 Å². The van der Waals surface area contributed by atoms with Gasteiger partial charge in [0.05, 0.1) is 7.11 Å². The van der Waals surface area contributed by atoms with E-state index in [9.17, 15) is 4.79 Å². The van der Waals surface area contributed by atoms with Gasteiger partial charge in [-0.25, -0.2) is 0 Å². The third kappa shape index (κ3) is 5.61. The van der Waals surface area contributed by atoms with Crippen LogP contribution >= 0.6 is 0 Å². The molecule has 0 unspecified atom stereocenters. The molecule has 0 radical (unpaired) electrons. The predicted molar refractivity (Wildman–Crippen MR) is 81.8 cm³/mol. The van der Waals surface area contributed by atoms with Crippen LogP contribution in [-0.4, -0.2) is 37.6 Å². The maximum absolute atomic E-state index is 12.0. The van der Waals surface area contributed by atoms with Gasteiger partial charge in [-0.15, -0.1) is 0 Å². The fraction of sp³-hybridized carbons (Fsp3) is 0.562. The Hall–Kier alpha value is -1.55. The van der Waals surface area contributed by atoms with Crippen LogP contribution in [-0.2, 0) is 11.3 Å². The number of carbonyl (C=O) groups excluding carboxylic acids is 1. The molecule has 1 aromatic rings. The highest BCUT2D eigenvalue weighted by molar-refractivity contribution is 5.75. The van der Waals surface area contributed by atoms with Crippen LogP contribution in [0.25, 0.3) is 0 Å². The molecule has 4 nitrogen and oxygen atoms in total. The van der Waals surface area contributed by atoms with Gasteiger partial charge in [0, 0.05) is 31.6 Å². The number of hydrogen-bond donors (Lipinski definition) is 1. The molecule has 0 heterocycles. The molecule has 1 N–H and O–H groups in total. The summed E-state index contributed by atoms with van der Waals surface area (Å²) in [6.07, 6.45) is 1.44. The number of amides is 1. The third-order valence-electron chi connectivity index (χ3n) is 3.15. The van der Waals surface area contributed by atoms with Crippen molar-refractivity contribution in [3.05, 3.63) is 29.8 Å². The fourth-order valence-electron chi connectivity index (χ4n) is 2.00. The molecule has 0 saturated heterocycles. The van der Waals surface area contributed by atoms with E-state index in [-0.39, 0.29) is 5.91 Å². The number of nitrogens with one attached hydrogen (secondary N) is 1. The first kappa shape index (κ1) is 16.5. The van der Waals surface area contributed by atoms with E-state index in [4.69, 9.17) is 4.74 Å². The number of methoxy groups -OCH3 is 1. The molecule has 0 saturated carbocycles. The van der Waals surface area contributed by atoms with Gasteiger partial charge in [-0.1, -0.05) is 32.0 Å². The molecule has 0 aliphatic heterocycles. The summed E-state index contributed by atoms with van der Waals surface area (Å²) in [6, 6.07) is 8.27. The Labute approximate surface area is 122 Å². The van der Waals surface area contributed by atoms with Crippen LogP contribution < -0.4 is 10.1 Å². The van der Waals surface area contributed by atoms with E-state index in [0.29, 0.717) is 19.0 Å². The Balaban J connectivity index is 2.41. The average molecular weight is 278 g/mol. The summed E-state index contributed by atoms with van der Waals surface area (Å²) in [4.78, 5) is 13.8. The summed E-state index contributed by atoms with van der Waals surface area (Å²) in [6.45, 7) is 5.68. The van der Waals surface area contributed by atoms with Crippen LogP contribution in [0.15, 0.2) is 24.3 Å². The maximum atomic E-state index is 12.0. The molecule has 0 aromatic heterocycles. The standard InChI is InChI=1S/C16H26N2O2/c1-13(2)17-11-7-10-16(19)18(3)12-14-8-5-6-9-15(14)20-4/h5-6,8-9,13,17H,7,10-12H2,1-4H3. The molecular formula is C16H26N2O2. The minimum Gasteiger partial charge on any atom is -0.496 e. The zero-order valence-electron chi connectivity index (χ0n) is 13.0. The lowest BCUT2D eigenvalue weighted by molar-refractivity contribution is -0.130. The third-order valence-corrected chi connectivity index (χ3v) is 3.15. The SMILES string of the molecule is COc1ccccc1CN(C)C(=O)CCCNC(C)C. The number of nitrogens with zero attached hydrogens (tertiary/aromatic N) is 1.